The Morgan fingerprint density at radius 2 is 1.74 bits per heavy atom. The van der Waals surface area contributed by atoms with Gasteiger partial charge >= 0.3 is 18.1 Å². The first-order valence-corrected chi connectivity index (χ1v) is 4.96. The van der Waals surface area contributed by atoms with Gasteiger partial charge in [-0.1, -0.05) is 12.1 Å². The van der Waals surface area contributed by atoms with Crippen LogP contribution in [-0.2, 0) is 14.3 Å². The third-order valence-corrected chi connectivity index (χ3v) is 2.17. The van der Waals surface area contributed by atoms with E-state index in [1.54, 1.807) is 0 Å². The first kappa shape index (κ1) is 14.9. The van der Waals surface area contributed by atoms with Crippen LogP contribution < -0.4 is 5.32 Å². The van der Waals surface area contributed by atoms with Crippen molar-refractivity contribution < 1.29 is 31.9 Å². The summed E-state index contributed by atoms with van der Waals surface area (Å²) in [4.78, 5) is 22.2. The minimum Gasteiger partial charge on any atom is -0.467 e. The maximum atomic E-state index is 12.7. The molecule has 104 valence electrons. The van der Waals surface area contributed by atoms with Crippen molar-refractivity contribution >= 4 is 11.9 Å². The standard InChI is InChI=1S/C11H9F4NO3/c1-19-9(17)8(16-10(18)11(13,14)15)6-2-4-7(12)5-3-6/h2-5,8H,1H3,(H,16,18). The van der Waals surface area contributed by atoms with Crippen molar-refractivity contribution in [1.29, 1.82) is 0 Å². The Hall–Kier alpha value is -2.12. The summed E-state index contributed by atoms with van der Waals surface area (Å²) in [7, 11) is 0.957. The molecule has 0 bridgehead atoms. The van der Waals surface area contributed by atoms with Crippen LogP contribution in [0.2, 0.25) is 0 Å². The predicted octanol–water partition coefficient (Wildman–Crippen LogP) is 1.72. The van der Waals surface area contributed by atoms with E-state index in [0.29, 0.717) is 0 Å². The molecular formula is C11H9F4NO3. The smallest absolute Gasteiger partial charge is 0.467 e. The third kappa shape index (κ3) is 3.94. The lowest BCUT2D eigenvalue weighted by Crippen LogP contribution is -2.42. The summed E-state index contributed by atoms with van der Waals surface area (Å²) in [5.74, 6) is -4.01. The molecule has 0 spiro atoms. The molecule has 1 N–H and O–H groups in total. The molecule has 0 aliphatic rings. The minimum atomic E-state index is -5.13. The monoisotopic (exact) mass is 279 g/mol. The van der Waals surface area contributed by atoms with Crippen LogP contribution in [0.15, 0.2) is 24.3 Å². The van der Waals surface area contributed by atoms with Crippen LogP contribution in [0.3, 0.4) is 0 Å². The summed E-state index contributed by atoms with van der Waals surface area (Å²) in [6.45, 7) is 0. The summed E-state index contributed by atoms with van der Waals surface area (Å²) in [5, 5.41) is 1.48. The summed E-state index contributed by atoms with van der Waals surface area (Å²) >= 11 is 0. The quantitative estimate of drug-likeness (QED) is 0.677. The Bertz CT molecular complexity index is 470. The van der Waals surface area contributed by atoms with Crippen LogP contribution in [0, 0.1) is 5.82 Å². The van der Waals surface area contributed by atoms with Gasteiger partial charge < -0.3 is 10.1 Å². The Morgan fingerprint density at radius 3 is 2.16 bits per heavy atom. The number of carbonyl (C=O) groups excluding carboxylic acids is 2. The van der Waals surface area contributed by atoms with Gasteiger partial charge in [0.2, 0.25) is 0 Å². The number of esters is 1. The minimum absolute atomic E-state index is 0.0224. The summed E-state index contributed by atoms with van der Waals surface area (Å²) < 4.78 is 53.4. The number of carbonyl (C=O) groups is 2. The van der Waals surface area contributed by atoms with Gasteiger partial charge in [0.15, 0.2) is 6.04 Å². The molecule has 0 heterocycles. The number of hydrogen-bond donors (Lipinski definition) is 1. The Morgan fingerprint density at radius 1 is 1.21 bits per heavy atom. The van der Waals surface area contributed by atoms with E-state index in [4.69, 9.17) is 0 Å². The van der Waals surface area contributed by atoms with Crippen molar-refractivity contribution in [3.63, 3.8) is 0 Å². The lowest BCUT2D eigenvalue weighted by atomic mass is 10.1. The summed E-state index contributed by atoms with van der Waals surface area (Å²) in [6, 6.07) is 2.40. The van der Waals surface area contributed by atoms with E-state index >= 15 is 0 Å². The SMILES string of the molecule is COC(=O)C(NC(=O)C(F)(F)F)c1ccc(F)cc1. The highest BCUT2D eigenvalue weighted by molar-refractivity contribution is 5.88. The highest BCUT2D eigenvalue weighted by atomic mass is 19.4. The van der Waals surface area contributed by atoms with Crippen molar-refractivity contribution in [2.45, 2.75) is 12.2 Å². The van der Waals surface area contributed by atoms with E-state index in [1.165, 1.54) is 5.32 Å². The lowest BCUT2D eigenvalue weighted by molar-refractivity contribution is -0.175. The van der Waals surface area contributed by atoms with E-state index in [1.807, 2.05) is 0 Å². The number of rotatable bonds is 3. The van der Waals surface area contributed by atoms with Gasteiger partial charge in [-0.25, -0.2) is 9.18 Å². The molecule has 8 heteroatoms. The van der Waals surface area contributed by atoms with E-state index in [0.717, 1.165) is 31.4 Å². The number of benzene rings is 1. The van der Waals surface area contributed by atoms with E-state index < -0.39 is 29.9 Å². The molecule has 1 aromatic carbocycles. The Balaban J connectivity index is 2.99. The number of halogens is 4. The van der Waals surface area contributed by atoms with Gasteiger partial charge in [-0.15, -0.1) is 0 Å². The number of amides is 1. The van der Waals surface area contributed by atoms with Gasteiger partial charge in [0.25, 0.3) is 0 Å². The fourth-order valence-corrected chi connectivity index (χ4v) is 1.26. The first-order chi connectivity index (χ1) is 8.75. The molecule has 19 heavy (non-hydrogen) atoms. The molecule has 1 aromatic rings. The molecule has 0 aliphatic heterocycles. The number of methoxy groups -OCH3 is 1. The molecule has 1 unspecified atom stereocenters. The topological polar surface area (TPSA) is 55.4 Å². The van der Waals surface area contributed by atoms with Gasteiger partial charge in [-0.05, 0) is 17.7 Å². The molecule has 0 radical (unpaired) electrons. The van der Waals surface area contributed by atoms with Crippen LogP contribution in [0.1, 0.15) is 11.6 Å². The molecular weight excluding hydrogens is 270 g/mol. The van der Waals surface area contributed by atoms with Crippen molar-refractivity contribution in [2.24, 2.45) is 0 Å². The van der Waals surface area contributed by atoms with Gasteiger partial charge in [0, 0.05) is 0 Å². The maximum Gasteiger partial charge on any atom is 0.471 e. The molecule has 4 nitrogen and oxygen atoms in total. The van der Waals surface area contributed by atoms with Gasteiger partial charge in [0.05, 0.1) is 7.11 Å². The van der Waals surface area contributed by atoms with Crippen molar-refractivity contribution in [1.82, 2.24) is 5.32 Å². The molecule has 1 rings (SSSR count). The summed E-state index contributed by atoms with van der Waals surface area (Å²) in [5.41, 5.74) is -0.0224. The van der Waals surface area contributed by atoms with Gasteiger partial charge in [-0.2, -0.15) is 13.2 Å². The molecule has 0 aliphatic carbocycles. The second kappa shape index (κ2) is 5.68. The van der Waals surface area contributed by atoms with Crippen LogP contribution >= 0.6 is 0 Å². The van der Waals surface area contributed by atoms with Crippen molar-refractivity contribution in [2.75, 3.05) is 7.11 Å². The van der Waals surface area contributed by atoms with Crippen LogP contribution in [0.4, 0.5) is 17.6 Å². The normalized spacial score (nSPS) is 12.7. The van der Waals surface area contributed by atoms with E-state index in [-0.39, 0.29) is 5.56 Å². The van der Waals surface area contributed by atoms with Gasteiger partial charge in [0.1, 0.15) is 5.82 Å². The average molecular weight is 279 g/mol. The zero-order valence-corrected chi connectivity index (χ0v) is 9.62. The van der Waals surface area contributed by atoms with Crippen LogP contribution in [0.25, 0.3) is 0 Å². The zero-order chi connectivity index (χ0) is 14.6. The first-order valence-electron chi connectivity index (χ1n) is 4.96. The van der Waals surface area contributed by atoms with Crippen LogP contribution in [-0.4, -0.2) is 25.2 Å². The van der Waals surface area contributed by atoms with E-state index in [2.05, 4.69) is 4.74 Å². The second-order valence-electron chi connectivity index (χ2n) is 3.48. The fraction of sp³-hybridized carbons (Fsp3) is 0.273. The van der Waals surface area contributed by atoms with Gasteiger partial charge in [-0.3, -0.25) is 4.79 Å². The molecule has 1 amide bonds. The third-order valence-electron chi connectivity index (χ3n) is 2.17. The second-order valence-corrected chi connectivity index (χ2v) is 3.48. The van der Waals surface area contributed by atoms with Crippen LogP contribution in [0.5, 0.6) is 0 Å². The number of nitrogens with one attached hydrogen (secondary N) is 1. The lowest BCUT2D eigenvalue weighted by Gasteiger charge is -2.17. The number of hydrogen-bond acceptors (Lipinski definition) is 3. The average Bonchev–Trinajstić information content (AvgIpc) is 2.35. The Kier molecular flexibility index (Phi) is 4.47. The molecule has 0 fully saturated rings. The molecule has 1 atom stereocenters. The van der Waals surface area contributed by atoms with Crippen molar-refractivity contribution in [3.8, 4) is 0 Å². The Labute approximate surface area is 105 Å². The molecule has 0 saturated heterocycles. The molecule has 0 aromatic heterocycles. The predicted molar refractivity (Wildman–Crippen MR) is 55.4 cm³/mol. The summed E-state index contributed by atoms with van der Waals surface area (Å²) in [6.07, 6.45) is -5.13. The number of alkyl halides is 3. The largest absolute Gasteiger partial charge is 0.471 e. The fourth-order valence-electron chi connectivity index (χ4n) is 1.26. The zero-order valence-electron chi connectivity index (χ0n) is 9.62. The van der Waals surface area contributed by atoms with Crippen molar-refractivity contribution in [3.05, 3.63) is 35.6 Å². The molecule has 0 saturated carbocycles. The van der Waals surface area contributed by atoms with E-state index in [9.17, 15) is 27.2 Å². The number of ether oxygens (including phenoxy) is 1. The maximum absolute atomic E-state index is 12.7. The highest BCUT2D eigenvalue weighted by Gasteiger charge is 2.41. The highest BCUT2D eigenvalue weighted by Crippen LogP contribution is 2.20.